The Morgan fingerprint density at radius 1 is 1.43 bits per heavy atom. The van der Waals surface area contributed by atoms with E-state index in [1.54, 1.807) is 0 Å². The van der Waals surface area contributed by atoms with E-state index < -0.39 is 11.9 Å². The van der Waals surface area contributed by atoms with Gasteiger partial charge >= 0.3 is 12.0 Å². The Bertz CT molecular complexity index is 500. The smallest absolute Gasteiger partial charge is 0.322 e. The standard InChI is InChI=1S/C12H18N4O5/c1-20-5-4-16(7-10(18)19)6-9(17)13-12-15-14-11(21-12)8-2-3-8/h8H,2-7H2,1H3,(H,18,19)(H,13,15,17). The minimum Gasteiger partial charge on any atom is -0.480 e. The van der Waals surface area contributed by atoms with Gasteiger partial charge in [-0.3, -0.25) is 19.8 Å². The lowest BCUT2D eigenvalue weighted by atomic mass is 10.4. The van der Waals surface area contributed by atoms with Crippen molar-refractivity contribution in [3.63, 3.8) is 0 Å². The van der Waals surface area contributed by atoms with Crippen LogP contribution in [0.1, 0.15) is 24.7 Å². The van der Waals surface area contributed by atoms with Crippen LogP contribution >= 0.6 is 0 Å². The number of methoxy groups -OCH3 is 1. The molecule has 21 heavy (non-hydrogen) atoms. The number of ether oxygens (including phenoxy) is 1. The van der Waals surface area contributed by atoms with Gasteiger partial charge in [-0.05, 0) is 12.8 Å². The molecule has 1 aromatic rings. The maximum absolute atomic E-state index is 11.8. The molecule has 1 saturated carbocycles. The molecule has 1 aliphatic carbocycles. The lowest BCUT2D eigenvalue weighted by molar-refractivity contribution is -0.138. The van der Waals surface area contributed by atoms with Crippen molar-refractivity contribution >= 4 is 17.9 Å². The summed E-state index contributed by atoms with van der Waals surface area (Å²) in [5.74, 6) is -0.563. The van der Waals surface area contributed by atoms with Crippen LogP contribution in [0, 0.1) is 0 Å². The first kappa shape index (κ1) is 15.4. The summed E-state index contributed by atoms with van der Waals surface area (Å²) in [7, 11) is 1.51. The fraction of sp³-hybridized carbons (Fsp3) is 0.667. The molecule has 1 aliphatic rings. The molecule has 0 bridgehead atoms. The Morgan fingerprint density at radius 3 is 2.81 bits per heavy atom. The third-order valence-electron chi connectivity index (χ3n) is 2.95. The molecule has 0 saturated heterocycles. The number of nitrogens with zero attached hydrogens (tertiary/aromatic N) is 3. The number of amides is 1. The number of hydrogen-bond donors (Lipinski definition) is 2. The number of carboxylic acids is 1. The first-order chi connectivity index (χ1) is 10.1. The average Bonchev–Trinajstić information content (AvgIpc) is 3.16. The highest BCUT2D eigenvalue weighted by molar-refractivity contribution is 5.90. The molecule has 0 aliphatic heterocycles. The quantitative estimate of drug-likeness (QED) is 0.650. The fourth-order valence-electron chi connectivity index (χ4n) is 1.77. The number of aromatic nitrogens is 2. The number of carbonyl (C=O) groups is 2. The third-order valence-corrected chi connectivity index (χ3v) is 2.95. The second-order valence-corrected chi connectivity index (χ2v) is 4.87. The zero-order valence-electron chi connectivity index (χ0n) is 11.7. The molecule has 0 aromatic carbocycles. The molecule has 1 fully saturated rings. The predicted molar refractivity (Wildman–Crippen MR) is 70.9 cm³/mol. The van der Waals surface area contributed by atoms with Crippen LogP contribution < -0.4 is 5.32 Å². The molecule has 0 radical (unpaired) electrons. The maximum atomic E-state index is 11.8. The Labute approximate surface area is 121 Å². The van der Waals surface area contributed by atoms with Crippen molar-refractivity contribution in [3.8, 4) is 0 Å². The Balaban J connectivity index is 1.83. The summed E-state index contributed by atoms with van der Waals surface area (Å²) in [4.78, 5) is 24.0. The van der Waals surface area contributed by atoms with Gasteiger partial charge < -0.3 is 14.3 Å². The van der Waals surface area contributed by atoms with Gasteiger partial charge in [-0.1, -0.05) is 5.10 Å². The molecule has 0 unspecified atom stereocenters. The van der Waals surface area contributed by atoms with E-state index in [9.17, 15) is 9.59 Å². The van der Waals surface area contributed by atoms with E-state index in [1.165, 1.54) is 12.0 Å². The number of hydrogen-bond acceptors (Lipinski definition) is 7. The summed E-state index contributed by atoms with van der Waals surface area (Å²) >= 11 is 0. The van der Waals surface area contributed by atoms with Crippen molar-refractivity contribution in [3.05, 3.63) is 5.89 Å². The highest BCUT2D eigenvalue weighted by Gasteiger charge is 2.29. The van der Waals surface area contributed by atoms with Gasteiger partial charge in [0.25, 0.3) is 0 Å². The number of nitrogens with one attached hydrogen (secondary N) is 1. The van der Waals surface area contributed by atoms with E-state index in [2.05, 4.69) is 15.5 Å². The summed E-state index contributed by atoms with van der Waals surface area (Å²) in [5.41, 5.74) is 0. The molecule has 1 heterocycles. The lowest BCUT2D eigenvalue weighted by Crippen LogP contribution is -2.38. The molecule has 9 heteroatoms. The van der Waals surface area contributed by atoms with Crippen LogP contribution in [0.3, 0.4) is 0 Å². The van der Waals surface area contributed by atoms with Gasteiger partial charge in [-0.2, -0.15) is 0 Å². The zero-order chi connectivity index (χ0) is 15.2. The molecule has 116 valence electrons. The first-order valence-electron chi connectivity index (χ1n) is 6.65. The number of carbonyl (C=O) groups excluding carboxylic acids is 1. The Kier molecular flexibility index (Phi) is 5.23. The molecule has 2 N–H and O–H groups in total. The van der Waals surface area contributed by atoms with E-state index in [1.807, 2.05) is 0 Å². The van der Waals surface area contributed by atoms with Crippen molar-refractivity contribution in [1.82, 2.24) is 15.1 Å². The van der Waals surface area contributed by atoms with Crippen LogP contribution in [0.25, 0.3) is 0 Å². The van der Waals surface area contributed by atoms with Crippen LogP contribution in [0.4, 0.5) is 6.01 Å². The van der Waals surface area contributed by atoms with Gasteiger partial charge in [0, 0.05) is 19.6 Å². The molecule has 1 amide bonds. The third kappa shape index (κ3) is 5.12. The Hall–Kier alpha value is -2.00. The van der Waals surface area contributed by atoms with Gasteiger partial charge in [-0.15, -0.1) is 5.10 Å². The topological polar surface area (TPSA) is 118 Å². The van der Waals surface area contributed by atoms with Crippen LogP contribution in [0.2, 0.25) is 0 Å². The summed E-state index contributed by atoms with van der Waals surface area (Å²) in [6.45, 7) is 0.352. The SMILES string of the molecule is COCCN(CC(=O)O)CC(=O)Nc1nnc(C2CC2)o1. The molecular formula is C12H18N4O5. The molecule has 0 spiro atoms. The van der Waals surface area contributed by atoms with Gasteiger partial charge in [0.1, 0.15) is 0 Å². The normalized spacial score (nSPS) is 14.4. The molecule has 9 nitrogen and oxygen atoms in total. The maximum Gasteiger partial charge on any atom is 0.322 e. The van der Waals surface area contributed by atoms with Crippen molar-refractivity contribution in [2.75, 3.05) is 38.7 Å². The highest BCUT2D eigenvalue weighted by atomic mass is 16.5. The number of anilines is 1. The van der Waals surface area contributed by atoms with Crippen LogP contribution in [-0.2, 0) is 14.3 Å². The second-order valence-electron chi connectivity index (χ2n) is 4.87. The van der Waals surface area contributed by atoms with E-state index >= 15 is 0 Å². The molecule has 1 aromatic heterocycles. The molecular weight excluding hydrogens is 280 g/mol. The van der Waals surface area contributed by atoms with Crippen molar-refractivity contribution in [2.24, 2.45) is 0 Å². The van der Waals surface area contributed by atoms with Crippen LogP contribution in [0.5, 0.6) is 0 Å². The van der Waals surface area contributed by atoms with Gasteiger partial charge in [0.15, 0.2) is 0 Å². The van der Waals surface area contributed by atoms with Crippen molar-refractivity contribution in [1.29, 1.82) is 0 Å². The summed E-state index contributed by atoms with van der Waals surface area (Å²) < 4.78 is 10.2. The monoisotopic (exact) mass is 298 g/mol. The largest absolute Gasteiger partial charge is 0.480 e. The lowest BCUT2D eigenvalue weighted by Gasteiger charge is -2.18. The number of carboxylic acid groups (broad SMARTS) is 1. The highest BCUT2D eigenvalue weighted by Crippen LogP contribution is 2.39. The van der Waals surface area contributed by atoms with Crippen LogP contribution in [-0.4, -0.2) is 65.4 Å². The fourth-order valence-corrected chi connectivity index (χ4v) is 1.77. The van der Waals surface area contributed by atoms with Crippen LogP contribution in [0.15, 0.2) is 4.42 Å². The molecule has 2 rings (SSSR count). The van der Waals surface area contributed by atoms with E-state index in [0.29, 0.717) is 25.0 Å². The summed E-state index contributed by atoms with van der Waals surface area (Å²) in [5, 5.41) is 18.9. The van der Waals surface area contributed by atoms with Gasteiger partial charge in [0.05, 0.1) is 19.7 Å². The number of rotatable bonds is 9. The second kappa shape index (κ2) is 7.14. The van der Waals surface area contributed by atoms with Crippen molar-refractivity contribution < 1.29 is 23.8 Å². The first-order valence-corrected chi connectivity index (χ1v) is 6.65. The van der Waals surface area contributed by atoms with Crippen molar-refractivity contribution in [2.45, 2.75) is 18.8 Å². The summed E-state index contributed by atoms with van der Waals surface area (Å²) in [6.07, 6.45) is 2.05. The van der Waals surface area contributed by atoms with E-state index in [-0.39, 0.29) is 19.1 Å². The molecule has 0 atom stereocenters. The van der Waals surface area contributed by atoms with E-state index in [4.69, 9.17) is 14.3 Å². The van der Waals surface area contributed by atoms with Gasteiger partial charge in [0.2, 0.25) is 11.8 Å². The zero-order valence-corrected chi connectivity index (χ0v) is 11.7. The van der Waals surface area contributed by atoms with E-state index in [0.717, 1.165) is 12.8 Å². The van der Waals surface area contributed by atoms with Gasteiger partial charge in [-0.25, -0.2) is 0 Å². The predicted octanol–water partition coefficient (Wildman–Crippen LogP) is -0.0815. The average molecular weight is 298 g/mol. The minimum atomic E-state index is -1.01. The number of aliphatic carboxylic acids is 1. The minimum absolute atomic E-state index is 0.0453. The Morgan fingerprint density at radius 2 is 2.19 bits per heavy atom. The summed E-state index contributed by atoms with van der Waals surface area (Å²) in [6, 6.07) is 0.0453.